The maximum absolute atomic E-state index is 12.1. The molecule has 7 heteroatoms. The Balaban J connectivity index is 1.45. The lowest BCUT2D eigenvalue weighted by molar-refractivity contribution is -0.121. The van der Waals surface area contributed by atoms with E-state index in [9.17, 15) is 9.59 Å². The first-order valence-corrected chi connectivity index (χ1v) is 10.5. The van der Waals surface area contributed by atoms with Gasteiger partial charge in [-0.1, -0.05) is 55.7 Å². The third-order valence-corrected chi connectivity index (χ3v) is 5.89. The number of nitrogens with one attached hydrogen (secondary N) is 2. The van der Waals surface area contributed by atoms with Gasteiger partial charge in [0.15, 0.2) is 0 Å². The van der Waals surface area contributed by atoms with Gasteiger partial charge in [0, 0.05) is 24.4 Å². The Morgan fingerprint density at radius 1 is 1.04 bits per heavy atom. The van der Waals surface area contributed by atoms with Crippen LogP contribution < -0.4 is 10.6 Å². The number of hydrogen-bond donors (Lipinski definition) is 2. The van der Waals surface area contributed by atoms with Gasteiger partial charge < -0.3 is 10.6 Å². The summed E-state index contributed by atoms with van der Waals surface area (Å²) in [5.74, 6) is 0.109. The fourth-order valence-corrected chi connectivity index (χ4v) is 4.30. The zero-order valence-electron chi connectivity index (χ0n) is 15.7. The summed E-state index contributed by atoms with van der Waals surface area (Å²) < 4.78 is 0. The monoisotopic (exact) mass is 386 g/mol. The molecule has 0 radical (unpaired) electrons. The first-order valence-electron chi connectivity index (χ1n) is 9.66. The van der Waals surface area contributed by atoms with Crippen molar-refractivity contribution in [1.29, 1.82) is 0 Å². The molecule has 6 nitrogen and oxygen atoms in total. The third-order valence-electron chi connectivity index (χ3n) is 4.89. The second-order valence-corrected chi connectivity index (χ2v) is 7.90. The molecule has 144 valence electrons. The minimum absolute atomic E-state index is 0.123. The summed E-state index contributed by atoms with van der Waals surface area (Å²) in [6, 6.07) is 7.71. The lowest BCUT2D eigenvalue weighted by atomic mass is 9.90. The molecular weight excluding hydrogens is 360 g/mol. The molecule has 27 heavy (non-hydrogen) atoms. The van der Waals surface area contributed by atoms with Crippen molar-refractivity contribution in [1.82, 2.24) is 10.2 Å². The van der Waals surface area contributed by atoms with E-state index in [1.165, 1.54) is 30.6 Å². The van der Waals surface area contributed by atoms with Crippen LogP contribution in [0, 0.1) is 0 Å². The van der Waals surface area contributed by atoms with Gasteiger partial charge in [-0.15, -0.1) is 10.2 Å². The van der Waals surface area contributed by atoms with Crippen molar-refractivity contribution in [3.63, 3.8) is 0 Å². The highest BCUT2D eigenvalue weighted by molar-refractivity contribution is 7.15. The van der Waals surface area contributed by atoms with Crippen molar-refractivity contribution in [2.24, 2.45) is 0 Å². The van der Waals surface area contributed by atoms with Gasteiger partial charge in [0.05, 0.1) is 0 Å². The van der Waals surface area contributed by atoms with E-state index in [0.717, 1.165) is 35.5 Å². The minimum atomic E-state index is -0.208. The molecule has 1 fully saturated rings. The molecule has 1 heterocycles. The molecule has 1 aromatic carbocycles. The number of carbonyl (C=O) groups excluding carboxylic acids is 2. The first-order chi connectivity index (χ1) is 13.2. The normalized spacial score (nSPS) is 14.7. The average molecular weight is 387 g/mol. The van der Waals surface area contributed by atoms with Crippen LogP contribution in [0.1, 0.15) is 68.4 Å². The van der Waals surface area contributed by atoms with Gasteiger partial charge in [-0.25, -0.2) is 0 Å². The maximum atomic E-state index is 12.1. The Morgan fingerprint density at radius 2 is 1.74 bits per heavy atom. The highest BCUT2D eigenvalue weighted by Gasteiger charge is 2.20. The number of anilines is 2. The average Bonchev–Trinajstić information content (AvgIpc) is 3.16. The van der Waals surface area contributed by atoms with E-state index in [2.05, 4.69) is 20.8 Å². The smallest absolute Gasteiger partial charge is 0.226 e. The summed E-state index contributed by atoms with van der Waals surface area (Å²) >= 11 is 1.45. The summed E-state index contributed by atoms with van der Waals surface area (Å²) in [7, 11) is 0. The summed E-state index contributed by atoms with van der Waals surface area (Å²) in [4.78, 5) is 24.3. The van der Waals surface area contributed by atoms with E-state index < -0.39 is 0 Å². The predicted molar refractivity (Wildman–Crippen MR) is 108 cm³/mol. The molecule has 3 rings (SSSR count). The molecule has 2 N–H and O–H groups in total. The number of para-hydroxylation sites is 1. The van der Waals surface area contributed by atoms with Crippen molar-refractivity contribution >= 4 is 34.0 Å². The Bertz CT molecular complexity index is 784. The number of aryl methyl sites for hydroxylation is 1. The highest BCUT2D eigenvalue weighted by Crippen LogP contribution is 2.35. The molecule has 0 aliphatic heterocycles. The van der Waals surface area contributed by atoms with E-state index in [4.69, 9.17) is 0 Å². The van der Waals surface area contributed by atoms with Crippen molar-refractivity contribution in [2.75, 3.05) is 10.6 Å². The van der Waals surface area contributed by atoms with E-state index in [1.54, 1.807) is 0 Å². The number of rotatable bonds is 7. The molecule has 0 unspecified atom stereocenters. The SMILES string of the molecule is CCc1ccccc1NC(=O)CCC(=O)Nc1nnc(C2CCCCC2)s1. The number of amides is 2. The molecule has 1 saturated carbocycles. The highest BCUT2D eigenvalue weighted by atomic mass is 32.1. The largest absolute Gasteiger partial charge is 0.326 e. The van der Waals surface area contributed by atoms with Gasteiger partial charge in [0.1, 0.15) is 5.01 Å². The van der Waals surface area contributed by atoms with Crippen LogP contribution in [0.25, 0.3) is 0 Å². The van der Waals surface area contributed by atoms with Crippen molar-refractivity contribution in [3.8, 4) is 0 Å². The van der Waals surface area contributed by atoms with Crippen LogP contribution in [0.5, 0.6) is 0 Å². The lowest BCUT2D eigenvalue weighted by Crippen LogP contribution is -2.17. The second-order valence-electron chi connectivity index (χ2n) is 6.89. The fraction of sp³-hybridized carbons (Fsp3) is 0.500. The van der Waals surface area contributed by atoms with Crippen LogP contribution in [-0.2, 0) is 16.0 Å². The Labute approximate surface area is 163 Å². The summed E-state index contributed by atoms with van der Waals surface area (Å²) in [5.41, 5.74) is 1.89. The van der Waals surface area contributed by atoms with Crippen LogP contribution in [0.2, 0.25) is 0 Å². The van der Waals surface area contributed by atoms with Crippen molar-refractivity contribution in [2.45, 2.75) is 64.2 Å². The van der Waals surface area contributed by atoms with E-state index in [1.807, 2.05) is 31.2 Å². The fourth-order valence-electron chi connectivity index (χ4n) is 3.37. The number of hydrogen-bond acceptors (Lipinski definition) is 5. The van der Waals surface area contributed by atoms with Crippen LogP contribution >= 0.6 is 11.3 Å². The molecule has 2 aromatic rings. The van der Waals surface area contributed by atoms with Gasteiger partial charge in [-0.2, -0.15) is 0 Å². The quantitative estimate of drug-likeness (QED) is 0.733. The minimum Gasteiger partial charge on any atom is -0.326 e. The number of carbonyl (C=O) groups is 2. The Kier molecular flexibility index (Phi) is 6.92. The number of nitrogens with zero attached hydrogens (tertiary/aromatic N) is 2. The van der Waals surface area contributed by atoms with Gasteiger partial charge in [0.2, 0.25) is 16.9 Å². The number of benzene rings is 1. The van der Waals surface area contributed by atoms with Crippen LogP contribution in [0.3, 0.4) is 0 Å². The standard InChI is InChI=1S/C20H26N4O2S/c1-2-14-8-6-7-11-16(14)21-17(25)12-13-18(26)22-20-24-23-19(27-20)15-9-4-3-5-10-15/h6-8,11,15H,2-5,9-10,12-13H2,1H3,(H,21,25)(H,22,24,26). The van der Waals surface area contributed by atoms with Gasteiger partial charge in [-0.05, 0) is 30.9 Å². The molecule has 1 aliphatic carbocycles. The van der Waals surface area contributed by atoms with Gasteiger partial charge in [-0.3, -0.25) is 9.59 Å². The van der Waals surface area contributed by atoms with Crippen molar-refractivity contribution < 1.29 is 9.59 Å². The second kappa shape index (κ2) is 9.60. The molecule has 0 saturated heterocycles. The van der Waals surface area contributed by atoms with E-state index in [-0.39, 0.29) is 24.7 Å². The molecule has 0 atom stereocenters. The molecule has 0 spiro atoms. The van der Waals surface area contributed by atoms with Crippen molar-refractivity contribution in [3.05, 3.63) is 34.8 Å². The van der Waals surface area contributed by atoms with Crippen LogP contribution in [-0.4, -0.2) is 22.0 Å². The molecule has 0 bridgehead atoms. The summed E-state index contributed by atoms with van der Waals surface area (Å²) in [6.45, 7) is 2.04. The zero-order chi connectivity index (χ0) is 19.1. The van der Waals surface area contributed by atoms with Gasteiger partial charge in [0.25, 0.3) is 0 Å². The first kappa shape index (κ1) is 19.5. The zero-order valence-corrected chi connectivity index (χ0v) is 16.5. The molecular formula is C20H26N4O2S. The molecule has 1 aliphatic rings. The lowest BCUT2D eigenvalue weighted by Gasteiger charge is -2.18. The molecule has 1 aromatic heterocycles. The van der Waals surface area contributed by atoms with Crippen LogP contribution in [0.4, 0.5) is 10.8 Å². The third kappa shape index (κ3) is 5.60. The Hall–Kier alpha value is -2.28. The van der Waals surface area contributed by atoms with Crippen LogP contribution in [0.15, 0.2) is 24.3 Å². The predicted octanol–water partition coefficient (Wildman–Crippen LogP) is 4.51. The topological polar surface area (TPSA) is 84.0 Å². The van der Waals surface area contributed by atoms with E-state index >= 15 is 0 Å². The molecule has 2 amide bonds. The summed E-state index contributed by atoms with van der Waals surface area (Å²) in [6.07, 6.45) is 7.19. The number of aromatic nitrogens is 2. The Morgan fingerprint density at radius 3 is 2.48 bits per heavy atom. The van der Waals surface area contributed by atoms with E-state index in [0.29, 0.717) is 11.0 Å². The maximum Gasteiger partial charge on any atom is 0.226 e. The van der Waals surface area contributed by atoms with Gasteiger partial charge >= 0.3 is 0 Å². The summed E-state index contributed by atoms with van der Waals surface area (Å²) in [5, 5.41) is 15.5.